The summed E-state index contributed by atoms with van der Waals surface area (Å²) < 4.78 is 0. The maximum Gasteiger partial charge on any atom is 0.326 e. The van der Waals surface area contributed by atoms with E-state index in [2.05, 4.69) is 12.6 Å². The Hall–Kier alpha value is -1.04. The lowest BCUT2D eigenvalue weighted by atomic mass is 9.82. The van der Waals surface area contributed by atoms with Crippen molar-refractivity contribution in [3.8, 4) is 0 Å². The van der Waals surface area contributed by atoms with Crippen molar-refractivity contribution in [1.29, 1.82) is 0 Å². The number of aliphatic hydroxyl groups excluding tert-OH is 1. The van der Waals surface area contributed by atoms with Gasteiger partial charge in [-0.2, -0.15) is 12.6 Å². The van der Waals surface area contributed by atoms with Gasteiger partial charge in [-0.05, 0) is 24.3 Å². The molecule has 0 fully saturated rings. The van der Waals surface area contributed by atoms with E-state index in [-0.39, 0.29) is 24.0 Å². The molecule has 1 aromatic carbocycles. The zero-order chi connectivity index (χ0) is 15.3. The lowest BCUT2D eigenvalue weighted by molar-refractivity contribution is -0.149. The first-order valence-electron chi connectivity index (χ1n) is 6.70. The van der Waals surface area contributed by atoms with Gasteiger partial charge in [0.05, 0.1) is 6.10 Å². The summed E-state index contributed by atoms with van der Waals surface area (Å²) in [4.78, 5) is 11.4. The highest BCUT2D eigenvalue weighted by atomic mass is 32.1. The third-order valence-corrected chi connectivity index (χ3v) is 3.88. The molecule has 0 radical (unpaired) electrons. The van der Waals surface area contributed by atoms with Crippen molar-refractivity contribution in [2.75, 3.05) is 0 Å². The van der Waals surface area contributed by atoms with Crippen LogP contribution in [0.1, 0.15) is 37.5 Å². The summed E-state index contributed by atoms with van der Waals surface area (Å²) in [7, 11) is 0. The molecule has 112 valence electrons. The minimum atomic E-state index is -1.63. The van der Waals surface area contributed by atoms with Crippen LogP contribution in [-0.4, -0.2) is 27.8 Å². The average Bonchev–Trinajstić information content (AvgIpc) is 2.38. The molecule has 0 aliphatic rings. The quantitative estimate of drug-likeness (QED) is 0.582. The molecule has 0 spiro atoms. The summed E-state index contributed by atoms with van der Waals surface area (Å²) in [6, 6.07) is 9.44. The van der Waals surface area contributed by atoms with Crippen molar-refractivity contribution in [3.05, 3.63) is 35.9 Å². The number of hydrogen-bond acceptors (Lipinski definition) is 4. The molecule has 4 N–H and O–H groups in total. The Balaban J connectivity index is 2.81. The van der Waals surface area contributed by atoms with Crippen LogP contribution in [-0.2, 0) is 4.79 Å². The number of aliphatic carboxylic acids is 1. The zero-order valence-electron chi connectivity index (χ0n) is 11.9. The Morgan fingerprint density at radius 1 is 1.35 bits per heavy atom. The highest BCUT2D eigenvalue weighted by Gasteiger charge is 2.42. The van der Waals surface area contributed by atoms with Gasteiger partial charge in [0.25, 0.3) is 0 Å². The number of carboxylic acid groups (broad SMARTS) is 1. The van der Waals surface area contributed by atoms with Crippen LogP contribution in [0.25, 0.3) is 0 Å². The van der Waals surface area contributed by atoms with Crippen LogP contribution in [0, 0.1) is 5.92 Å². The Labute approximate surface area is 125 Å². The van der Waals surface area contributed by atoms with Crippen molar-refractivity contribution in [2.45, 2.75) is 43.6 Å². The Bertz CT molecular complexity index is 438. The van der Waals surface area contributed by atoms with E-state index >= 15 is 0 Å². The summed E-state index contributed by atoms with van der Waals surface area (Å²) in [5.74, 6) is -1.09. The van der Waals surface area contributed by atoms with Gasteiger partial charge in [0.2, 0.25) is 0 Å². The second kappa shape index (κ2) is 7.11. The Kier molecular flexibility index (Phi) is 6.05. The molecule has 20 heavy (non-hydrogen) atoms. The minimum Gasteiger partial charge on any atom is -0.480 e. The molecule has 1 aromatic rings. The average molecular weight is 297 g/mol. The Morgan fingerprint density at radius 3 is 2.35 bits per heavy atom. The summed E-state index contributed by atoms with van der Waals surface area (Å²) in [6.45, 7) is 3.76. The third kappa shape index (κ3) is 4.23. The zero-order valence-corrected chi connectivity index (χ0v) is 12.8. The van der Waals surface area contributed by atoms with Gasteiger partial charge in [0, 0.05) is 5.25 Å². The van der Waals surface area contributed by atoms with E-state index in [0.717, 1.165) is 5.56 Å². The van der Waals surface area contributed by atoms with Gasteiger partial charge in [-0.1, -0.05) is 44.2 Å². The van der Waals surface area contributed by atoms with Crippen LogP contribution < -0.4 is 5.73 Å². The molecule has 4 nitrogen and oxygen atoms in total. The maximum absolute atomic E-state index is 11.4. The number of thiol groups is 1. The molecule has 0 aromatic heterocycles. The van der Waals surface area contributed by atoms with Crippen molar-refractivity contribution >= 4 is 18.6 Å². The summed E-state index contributed by atoms with van der Waals surface area (Å²) in [5.41, 5.74) is 5.23. The van der Waals surface area contributed by atoms with Gasteiger partial charge in [-0.3, -0.25) is 4.79 Å². The van der Waals surface area contributed by atoms with E-state index in [9.17, 15) is 15.0 Å². The molecule has 0 saturated heterocycles. The number of hydrogen-bond donors (Lipinski definition) is 4. The van der Waals surface area contributed by atoms with E-state index in [0.29, 0.717) is 0 Å². The summed E-state index contributed by atoms with van der Waals surface area (Å²) in [5, 5.41) is 19.3. The SMILES string of the molecule is CC(C)C[C@](N)(C(=O)O)C(O)CC(S)c1ccccc1. The van der Waals surface area contributed by atoms with Crippen LogP contribution in [0.15, 0.2) is 30.3 Å². The molecule has 5 heteroatoms. The van der Waals surface area contributed by atoms with Crippen molar-refractivity contribution in [3.63, 3.8) is 0 Å². The second-order valence-electron chi connectivity index (χ2n) is 5.62. The van der Waals surface area contributed by atoms with Crippen molar-refractivity contribution < 1.29 is 15.0 Å². The molecule has 0 heterocycles. The van der Waals surface area contributed by atoms with E-state index < -0.39 is 17.6 Å². The topological polar surface area (TPSA) is 83.6 Å². The van der Waals surface area contributed by atoms with E-state index in [1.54, 1.807) is 0 Å². The predicted molar refractivity (Wildman–Crippen MR) is 82.8 cm³/mol. The van der Waals surface area contributed by atoms with Gasteiger partial charge in [0.15, 0.2) is 0 Å². The standard InChI is InChI=1S/C15H23NO3S/c1-10(2)9-15(16,14(18)19)13(17)8-12(20)11-6-4-3-5-7-11/h3-7,10,12-13,17,20H,8-9,16H2,1-2H3,(H,18,19)/t12?,13?,15-/m1/s1. The third-order valence-electron chi connectivity index (χ3n) is 3.37. The van der Waals surface area contributed by atoms with E-state index in [4.69, 9.17) is 5.73 Å². The van der Waals surface area contributed by atoms with Gasteiger partial charge in [0.1, 0.15) is 5.54 Å². The largest absolute Gasteiger partial charge is 0.480 e. The highest BCUT2D eigenvalue weighted by molar-refractivity contribution is 7.80. The van der Waals surface area contributed by atoms with E-state index in [1.165, 1.54) is 0 Å². The van der Waals surface area contributed by atoms with Gasteiger partial charge < -0.3 is 15.9 Å². The number of carboxylic acids is 1. The second-order valence-corrected chi connectivity index (χ2v) is 6.24. The summed E-state index contributed by atoms with van der Waals surface area (Å²) >= 11 is 4.44. The first-order valence-corrected chi connectivity index (χ1v) is 7.22. The molecular formula is C15H23NO3S. The van der Waals surface area contributed by atoms with Gasteiger partial charge in [-0.25, -0.2) is 0 Å². The molecule has 3 atom stereocenters. The smallest absolute Gasteiger partial charge is 0.326 e. The molecule has 0 aliphatic carbocycles. The lowest BCUT2D eigenvalue weighted by Gasteiger charge is -2.33. The van der Waals surface area contributed by atoms with Crippen molar-refractivity contribution in [2.24, 2.45) is 11.7 Å². The molecule has 1 rings (SSSR count). The summed E-state index contributed by atoms with van der Waals surface area (Å²) in [6.07, 6.45) is -0.730. The fraction of sp³-hybridized carbons (Fsp3) is 0.533. The molecule has 0 aliphatic heterocycles. The van der Waals surface area contributed by atoms with Gasteiger partial charge in [-0.15, -0.1) is 0 Å². The van der Waals surface area contributed by atoms with Crippen LogP contribution in [0.4, 0.5) is 0 Å². The normalized spacial score (nSPS) is 17.5. The number of benzene rings is 1. The highest BCUT2D eigenvalue weighted by Crippen LogP contribution is 2.30. The fourth-order valence-corrected chi connectivity index (χ4v) is 2.65. The van der Waals surface area contributed by atoms with Crippen LogP contribution in [0.5, 0.6) is 0 Å². The number of nitrogens with two attached hydrogens (primary N) is 1. The predicted octanol–water partition coefficient (Wildman–Crippen LogP) is 2.24. The van der Waals surface area contributed by atoms with Crippen molar-refractivity contribution in [1.82, 2.24) is 0 Å². The minimum absolute atomic E-state index is 0.0841. The number of rotatable bonds is 7. The first-order chi connectivity index (χ1) is 9.27. The fourth-order valence-electron chi connectivity index (χ4n) is 2.27. The Morgan fingerprint density at radius 2 is 1.90 bits per heavy atom. The number of carbonyl (C=O) groups is 1. The molecule has 0 bridgehead atoms. The molecule has 2 unspecified atom stereocenters. The lowest BCUT2D eigenvalue weighted by Crippen LogP contribution is -2.58. The first kappa shape index (κ1) is 17.0. The molecule has 0 amide bonds. The van der Waals surface area contributed by atoms with E-state index in [1.807, 2.05) is 44.2 Å². The van der Waals surface area contributed by atoms with Crippen LogP contribution in [0.3, 0.4) is 0 Å². The molecule has 0 saturated carbocycles. The maximum atomic E-state index is 11.4. The van der Waals surface area contributed by atoms with Crippen LogP contribution >= 0.6 is 12.6 Å². The number of aliphatic hydroxyl groups is 1. The van der Waals surface area contributed by atoms with Gasteiger partial charge >= 0.3 is 5.97 Å². The monoisotopic (exact) mass is 297 g/mol. The molecular weight excluding hydrogens is 274 g/mol. The van der Waals surface area contributed by atoms with Crippen LogP contribution in [0.2, 0.25) is 0 Å².